The highest BCUT2D eigenvalue weighted by atomic mass is 32.2. The average Bonchev–Trinajstić information content (AvgIpc) is 2.98. The fourth-order valence-corrected chi connectivity index (χ4v) is 3.97. The fraction of sp³-hybridized carbons (Fsp3) is 0.750. The number of nitrogens with one attached hydrogen (secondary N) is 1. The van der Waals surface area contributed by atoms with Gasteiger partial charge < -0.3 is 10.3 Å². The van der Waals surface area contributed by atoms with Crippen molar-refractivity contribution in [1.29, 1.82) is 0 Å². The van der Waals surface area contributed by atoms with Gasteiger partial charge in [0.15, 0.2) is 5.03 Å². The molecule has 6 nitrogen and oxygen atoms in total. The summed E-state index contributed by atoms with van der Waals surface area (Å²) in [4.78, 5) is 4.07. The topological polar surface area (TPSA) is 90.0 Å². The van der Waals surface area contributed by atoms with Crippen molar-refractivity contribution < 1.29 is 8.42 Å². The zero-order valence-corrected chi connectivity index (χ0v) is 12.3. The van der Waals surface area contributed by atoms with E-state index in [1.807, 2.05) is 0 Å². The van der Waals surface area contributed by atoms with Crippen LogP contribution in [0.5, 0.6) is 0 Å². The smallest absolute Gasteiger partial charge is 0.259 e. The van der Waals surface area contributed by atoms with Crippen LogP contribution in [-0.2, 0) is 17.1 Å². The summed E-state index contributed by atoms with van der Waals surface area (Å²) in [7, 11) is -1.80. The Morgan fingerprint density at radius 2 is 2.16 bits per heavy atom. The summed E-state index contributed by atoms with van der Waals surface area (Å²) >= 11 is 0. The average molecular weight is 286 g/mol. The van der Waals surface area contributed by atoms with Crippen molar-refractivity contribution in [2.75, 3.05) is 6.54 Å². The molecule has 1 atom stereocenters. The number of hydrogen-bond acceptors (Lipinski definition) is 4. The number of aromatic nitrogens is 2. The summed E-state index contributed by atoms with van der Waals surface area (Å²) in [6.07, 6.45) is 5.94. The Kier molecular flexibility index (Phi) is 4.27. The van der Waals surface area contributed by atoms with Crippen molar-refractivity contribution in [2.45, 2.75) is 43.7 Å². The quantitative estimate of drug-likeness (QED) is 0.826. The zero-order valence-electron chi connectivity index (χ0n) is 11.5. The molecule has 0 aliphatic heterocycles. The number of aryl methyl sites for hydroxylation is 2. The first-order valence-corrected chi connectivity index (χ1v) is 8.14. The van der Waals surface area contributed by atoms with Crippen LogP contribution in [0.25, 0.3) is 0 Å². The number of sulfonamides is 1. The van der Waals surface area contributed by atoms with Crippen LogP contribution in [0.1, 0.15) is 31.5 Å². The third-order valence-electron chi connectivity index (χ3n) is 3.89. The zero-order chi connectivity index (χ0) is 14.0. The highest BCUT2D eigenvalue weighted by Crippen LogP contribution is 2.28. The van der Waals surface area contributed by atoms with Crippen molar-refractivity contribution in [3.63, 3.8) is 0 Å². The third-order valence-corrected chi connectivity index (χ3v) is 5.25. The summed E-state index contributed by atoms with van der Waals surface area (Å²) in [5.74, 6) is 1.02. The second kappa shape index (κ2) is 5.60. The van der Waals surface area contributed by atoms with E-state index < -0.39 is 10.0 Å². The Morgan fingerprint density at radius 3 is 2.63 bits per heavy atom. The lowest BCUT2D eigenvalue weighted by Gasteiger charge is -2.22. The van der Waals surface area contributed by atoms with E-state index >= 15 is 0 Å². The van der Waals surface area contributed by atoms with E-state index in [2.05, 4.69) is 9.71 Å². The van der Waals surface area contributed by atoms with E-state index in [4.69, 9.17) is 5.73 Å². The summed E-state index contributed by atoms with van der Waals surface area (Å²) in [5, 5.41) is 0.0731. The predicted molar refractivity (Wildman–Crippen MR) is 73.1 cm³/mol. The monoisotopic (exact) mass is 286 g/mol. The molecule has 0 bridgehead atoms. The van der Waals surface area contributed by atoms with Crippen molar-refractivity contribution in [3.8, 4) is 0 Å². The van der Waals surface area contributed by atoms with Crippen molar-refractivity contribution in [3.05, 3.63) is 12.0 Å². The van der Waals surface area contributed by atoms with Gasteiger partial charge >= 0.3 is 0 Å². The third kappa shape index (κ3) is 3.16. The van der Waals surface area contributed by atoms with Crippen LogP contribution in [0.3, 0.4) is 0 Å². The predicted octanol–water partition coefficient (Wildman–Crippen LogP) is 0.524. The van der Waals surface area contributed by atoms with Gasteiger partial charge in [-0.1, -0.05) is 12.8 Å². The molecule has 0 amide bonds. The maximum Gasteiger partial charge on any atom is 0.259 e. The normalized spacial score (nSPS) is 18.9. The van der Waals surface area contributed by atoms with Gasteiger partial charge in [0.2, 0.25) is 0 Å². The maximum atomic E-state index is 12.3. The van der Waals surface area contributed by atoms with Crippen LogP contribution in [0.15, 0.2) is 11.2 Å². The van der Waals surface area contributed by atoms with Crippen molar-refractivity contribution >= 4 is 10.0 Å². The van der Waals surface area contributed by atoms with E-state index in [-0.39, 0.29) is 11.1 Å². The van der Waals surface area contributed by atoms with Crippen LogP contribution in [-0.4, -0.2) is 30.6 Å². The summed E-state index contributed by atoms with van der Waals surface area (Å²) < 4.78 is 29.0. The molecular weight excluding hydrogens is 264 g/mol. The standard InChI is InChI=1S/C12H22N4O2S/c1-9-14-12(8-16(9)2)19(17,18)15-11(7-13)10-5-3-4-6-10/h8,10-11,15H,3-7,13H2,1-2H3. The minimum Gasteiger partial charge on any atom is -0.337 e. The van der Waals surface area contributed by atoms with Gasteiger partial charge in [0, 0.05) is 25.8 Å². The highest BCUT2D eigenvalue weighted by molar-refractivity contribution is 7.89. The molecule has 7 heteroatoms. The Balaban J connectivity index is 2.15. The molecule has 2 rings (SSSR count). The molecule has 1 heterocycles. The van der Waals surface area contributed by atoms with E-state index in [1.54, 1.807) is 18.5 Å². The molecule has 3 N–H and O–H groups in total. The molecule has 0 radical (unpaired) electrons. The second-order valence-electron chi connectivity index (χ2n) is 5.25. The first-order valence-electron chi connectivity index (χ1n) is 6.66. The van der Waals surface area contributed by atoms with Crippen LogP contribution in [0.4, 0.5) is 0 Å². The van der Waals surface area contributed by atoms with Crippen LogP contribution < -0.4 is 10.5 Å². The molecule has 0 spiro atoms. The summed E-state index contributed by atoms with van der Waals surface area (Å²) in [6.45, 7) is 2.10. The molecule has 108 valence electrons. The van der Waals surface area contributed by atoms with E-state index in [0.29, 0.717) is 18.3 Å². The van der Waals surface area contributed by atoms with Crippen molar-refractivity contribution in [2.24, 2.45) is 18.7 Å². The molecular formula is C12H22N4O2S. The van der Waals surface area contributed by atoms with Gasteiger partial charge in [0.25, 0.3) is 10.0 Å². The SMILES string of the molecule is Cc1nc(S(=O)(=O)NC(CN)C2CCCC2)cn1C. The van der Waals surface area contributed by atoms with Gasteiger partial charge in [0.1, 0.15) is 5.82 Å². The molecule has 0 aromatic carbocycles. The molecule has 1 fully saturated rings. The number of imidazole rings is 1. The lowest BCUT2D eigenvalue weighted by molar-refractivity contribution is 0.405. The van der Waals surface area contributed by atoms with Crippen LogP contribution in [0.2, 0.25) is 0 Å². The van der Waals surface area contributed by atoms with Gasteiger partial charge in [0.05, 0.1) is 0 Å². The van der Waals surface area contributed by atoms with E-state index in [0.717, 1.165) is 25.7 Å². The van der Waals surface area contributed by atoms with Gasteiger partial charge in [-0.25, -0.2) is 18.1 Å². The Bertz CT molecular complexity index is 512. The number of rotatable bonds is 5. The Labute approximate surface area is 114 Å². The summed E-state index contributed by atoms with van der Waals surface area (Å²) in [5.41, 5.74) is 5.72. The Hall–Kier alpha value is -0.920. The van der Waals surface area contributed by atoms with E-state index in [1.165, 1.54) is 6.20 Å². The molecule has 0 saturated heterocycles. The van der Waals surface area contributed by atoms with Gasteiger partial charge in [-0.15, -0.1) is 0 Å². The highest BCUT2D eigenvalue weighted by Gasteiger charge is 2.29. The number of hydrogen-bond donors (Lipinski definition) is 2. The molecule has 19 heavy (non-hydrogen) atoms. The second-order valence-corrected chi connectivity index (χ2v) is 6.91. The first kappa shape index (κ1) is 14.5. The van der Waals surface area contributed by atoms with Crippen LogP contribution in [0, 0.1) is 12.8 Å². The lowest BCUT2D eigenvalue weighted by atomic mass is 9.99. The first-order chi connectivity index (χ1) is 8.94. The maximum absolute atomic E-state index is 12.3. The number of nitrogens with zero attached hydrogens (tertiary/aromatic N) is 2. The minimum atomic E-state index is -3.57. The molecule has 1 aliphatic rings. The molecule has 1 aromatic rings. The minimum absolute atomic E-state index is 0.0731. The fourth-order valence-electron chi connectivity index (χ4n) is 2.61. The molecule has 1 aliphatic carbocycles. The van der Waals surface area contributed by atoms with Gasteiger partial charge in [-0.3, -0.25) is 0 Å². The van der Waals surface area contributed by atoms with Crippen molar-refractivity contribution in [1.82, 2.24) is 14.3 Å². The number of nitrogens with two attached hydrogens (primary N) is 1. The summed E-state index contributed by atoms with van der Waals surface area (Å²) in [6, 6.07) is -0.185. The largest absolute Gasteiger partial charge is 0.337 e. The lowest BCUT2D eigenvalue weighted by Crippen LogP contribution is -2.44. The van der Waals surface area contributed by atoms with Gasteiger partial charge in [-0.2, -0.15) is 0 Å². The van der Waals surface area contributed by atoms with E-state index in [9.17, 15) is 8.42 Å². The van der Waals surface area contributed by atoms with Crippen LogP contribution >= 0.6 is 0 Å². The van der Waals surface area contributed by atoms with Gasteiger partial charge in [-0.05, 0) is 25.7 Å². The molecule has 1 unspecified atom stereocenters. The molecule has 1 aromatic heterocycles. The molecule has 1 saturated carbocycles. The Morgan fingerprint density at radius 1 is 1.53 bits per heavy atom.